The van der Waals surface area contributed by atoms with E-state index in [0.29, 0.717) is 6.42 Å². The van der Waals surface area contributed by atoms with E-state index >= 15 is 0 Å². The van der Waals surface area contributed by atoms with Gasteiger partial charge in [-0.25, -0.2) is 0 Å². The Labute approximate surface area is 84.3 Å². The Balaban J connectivity index is 2.92. The molecule has 0 aromatic heterocycles. The van der Waals surface area contributed by atoms with Crippen LogP contribution in [0.25, 0.3) is 0 Å². The molecule has 1 N–H and O–H groups in total. The Bertz CT molecular complexity index is 272. The van der Waals surface area contributed by atoms with Gasteiger partial charge in [0.15, 0.2) is 0 Å². The number of aliphatic hydroxyl groups excluding tert-OH is 1. The largest absolute Gasteiger partial charge is 0.497 e. The lowest BCUT2D eigenvalue weighted by molar-refractivity contribution is 0.195. The highest BCUT2D eigenvalue weighted by atomic mass is 16.5. The summed E-state index contributed by atoms with van der Waals surface area (Å²) in [7, 11) is 3.22. The number of benzene rings is 1. The molecule has 0 heterocycles. The quantitative estimate of drug-likeness (QED) is 0.795. The minimum absolute atomic E-state index is 0.355. The van der Waals surface area contributed by atoms with E-state index < -0.39 is 0 Å². The van der Waals surface area contributed by atoms with Gasteiger partial charge >= 0.3 is 0 Å². The van der Waals surface area contributed by atoms with Gasteiger partial charge in [-0.1, -0.05) is 0 Å². The number of hydrogen-bond acceptors (Lipinski definition) is 3. The molecular weight excluding hydrogens is 180 g/mol. The molecule has 0 bridgehead atoms. The summed E-state index contributed by atoms with van der Waals surface area (Å²) >= 11 is 0. The van der Waals surface area contributed by atoms with E-state index in [4.69, 9.17) is 9.47 Å². The van der Waals surface area contributed by atoms with Gasteiger partial charge in [0.05, 0.1) is 20.3 Å². The Morgan fingerprint density at radius 3 is 2.00 bits per heavy atom. The van der Waals surface area contributed by atoms with Crippen LogP contribution in [0.3, 0.4) is 0 Å². The van der Waals surface area contributed by atoms with Gasteiger partial charge in [0.1, 0.15) is 11.5 Å². The van der Waals surface area contributed by atoms with Crippen molar-refractivity contribution in [2.45, 2.75) is 19.4 Å². The van der Waals surface area contributed by atoms with E-state index in [-0.39, 0.29) is 6.10 Å². The van der Waals surface area contributed by atoms with E-state index in [2.05, 4.69) is 0 Å². The van der Waals surface area contributed by atoms with Crippen LogP contribution in [0.1, 0.15) is 12.5 Å². The third kappa shape index (κ3) is 2.92. The predicted molar refractivity (Wildman–Crippen MR) is 54.9 cm³/mol. The van der Waals surface area contributed by atoms with Crippen LogP contribution in [0.15, 0.2) is 18.2 Å². The van der Waals surface area contributed by atoms with Gasteiger partial charge in [0.2, 0.25) is 0 Å². The molecule has 0 saturated carbocycles. The number of ether oxygens (including phenoxy) is 2. The van der Waals surface area contributed by atoms with Crippen molar-refractivity contribution in [3.63, 3.8) is 0 Å². The normalized spacial score (nSPS) is 12.3. The van der Waals surface area contributed by atoms with Gasteiger partial charge in [-0.2, -0.15) is 0 Å². The summed E-state index contributed by atoms with van der Waals surface area (Å²) in [6.45, 7) is 1.76. The van der Waals surface area contributed by atoms with Crippen molar-refractivity contribution < 1.29 is 14.6 Å². The lowest BCUT2D eigenvalue weighted by atomic mass is 10.1. The first-order valence-corrected chi connectivity index (χ1v) is 4.55. The molecule has 78 valence electrons. The summed E-state index contributed by atoms with van der Waals surface area (Å²) in [5.41, 5.74) is 1.01. The van der Waals surface area contributed by atoms with E-state index in [1.54, 1.807) is 21.1 Å². The number of aliphatic hydroxyl groups is 1. The van der Waals surface area contributed by atoms with E-state index in [0.717, 1.165) is 17.1 Å². The lowest BCUT2D eigenvalue weighted by Crippen LogP contribution is -2.04. The molecule has 0 unspecified atom stereocenters. The zero-order chi connectivity index (χ0) is 10.6. The molecule has 0 fully saturated rings. The molecule has 1 atom stereocenters. The zero-order valence-corrected chi connectivity index (χ0v) is 8.78. The average molecular weight is 196 g/mol. The highest BCUT2D eigenvalue weighted by Crippen LogP contribution is 2.23. The summed E-state index contributed by atoms with van der Waals surface area (Å²) in [6, 6.07) is 5.61. The molecule has 0 spiro atoms. The van der Waals surface area contributed by atoms with Crippen LogP contribution in [0.5, 0.6) is 11.5 Å². The van der Waals surface area contributed by atoms with Crippen LogP contribution in [0.4, 0.5) is 0 Å². The van der Waals surface area contributed by atoms with Crippen molar-refractivity contribution in [1.82, 2.24) is 0 Å². The fourth-order valence-corrected chi connectivity index (χ4v) is 1.33. The van der Waals surface area contributed by atoms with Crippen LogP contribution in [0.2, 0.25) is 0 Å². The topological polar surface area (TPSA) is 38.7 Å². The van der Waals surface area contributed by atoms with Crippen LogP contribution >= 0.6 is 0 Å². The van der Waals surface area contributed by atoms with Gasteiger partial charge in [-0.3, -0.25) is 0 Å². The summed E-state index contributed by atoms with van der Waals surface area (Å²) in [5, 5.41) is 9.25. The minimum atomic E-state index is -0.355. The maximum Gasteiger partial charge on any atom is 0.122 e. The van der Waals surface area contributed by atoms with E-state index in [1.807, 2.05) is 18.2 Å². The molecular formula is C11H16O3. The molecule has 3 heteroatoms. The van der Waals surface area contributed by atoms with Crippen molar-refractivity contribution in [3.8, 4) is 11.5 Å². The number of hydrogen-bond donors (Lipinski definition) is 1. The summed E-state index contributed by atoms with van der Waals surface area (Å²) in [6.07, 6.45) is 0.250. The molecule has 3 nitrogen and oxygen atoms in total. The summed E-state index contributed by atoms with van der Waals surface area (Å²) in [4.78, 5) is 0. The van der Waals surface area contributed by atoms with Gasteiger partial charge in [-0.05, 0) is 31.0 Å². The summed E-state index contributed by atoms with van der Waals surface area (Å²) < 4.78 is 10.2. The highest BCUT2D eigenvalue weighted by molar-refractivity contribution is 5.38. The molecule has 1 aromatic carbocycles. The first-order chi connectivity index (χ1) is 6.65. The Hall–Kier alpha value is -1.22. The van der Waals surface area contributed by atoms with Gasteiger partial charge in [0.25, 0.3) is 0 Å². The Morgan fingerprint density at radius 2 is 1.64 bits per heavy atom. The SMILES string of the molecule is COc1cc(C[C@H](C)O)cc(OC)c1. The second-order valence-electron chi connectivity index (χ2n) is 3.27. The smallest absolute Gasteiger partial charge is 0.122 e. The minimum Gasteiger partial charge on any atom is -0.497 e. The first kappa shape index (κ1) is 10.9. The third-order valence-corrected chi connectivity index (χ3v) is 1.94. The van der Waals surface area contributed by atoms with Gasteiger partial charge in [0, 0.05) is 6.07 Å². The monoisotopic (exact) mass is 196 g/mol. The van der Waals surface area contributed by atoms with Crippen LogP contribution in [-0.4, -0.2) is 25.4 Å². The molecule has 0 amide bonds. The number of rotatable bonds is 4. The van der Waals surface area contributed by atoms with Crippen LogP contribution in [-0.2, 0) is 6.42 Å². The highest BCUT2D eigenvalue weighted by Gasteiger charge is 2.04. The van der Waals surface area contributed by atoms with Crippen LogP contribution < -0.4 is 9.47 Å². The Kier molecular flexibility index (Phi) is 3.77. The summed E-state index contributed by atoms with van der Waals surface area (Å²) in [5.74, 6) is 1.50. The Morgan fingerprint density at radius 1 is 1.14 bits per heavy atom. The maximum absolute atomic E-state index is 9.25. The van der Waals surface area contributed by atoms with Crippen molar-refractivity contribution in [1.29, 1.82) is 0 Å². The molecule has 0 aliphatic carbocycles. The fourth-order valence-electron chi connectivity index (χ4n) is 1.33. The van der Waals surface area contributed by atoms with E-state index in [9.17, 15) is 5.11 Å². The molecule has 14 heavy (non-hydrogen) atoms. The van der Waals surface area contributed by atoms with Gasteiger partial charge in [-0.15, -0.1) is 0 Å². The lowest BCUT2D eigenvalue weighted by Gasteiger charge is -2.09. The first-order valence-electron chi connectivity index (χ1n) is 4.55. The molecule has 1 aromatic rings. The molecule has 0 saturated heterocycles. The van der Waals surface area contributed by atoms with Crippen molar-refractivity contribution >= 4 is 0 Å². The second-order valence-corrected chi connectivity index (χ2v) is 3.27. The molecule has 0 radical (unpaired) electrons. The van der Waals surface area contributed by atoms with Crippen molar-refractivity contribution in [3.05, 3.63) is 23.8 Å². The average Bonchev–Trinajstić information content (AvgIpc) is 2.16. The maximum atomic E-state index is 9.25. The predicted octanol–water partition coefficient (Wildman–Crippen LogP) is 1.63. The van der Waals surface area contributed by atoms with Crippen LogP contribution in [0, 0.1) is 0 Å². The number of methoxy groups -OCH3 is 2. The third-order valence-electron chi connectivity index (χ3n) is 1.94. The zero-order valence-electron chi connectivity index (χ0n) is 8.78. The van der Waals surface area contributed by atoms with Crippen molar-refractivity contribution in [2.24, 2.45) is 0 Å². The molecule has 0 aliphatic rings. The standard InChI is InChI=1S/C11H16O3/c1-8(12)4-9-5-10(13-2)7-11(6-9)14-3/h5-8,12H,4H2,1-3H3/t8-/m0/s1. The molecule has 0 aliphatic heterocycles. The van der Waals surface area contributed by atoms with E-state index in [1.165, 1.54) is 0 Å². The fraction of sp³-hybridized carbons (Fsp3) is 0.455. The van der Waals surface area contributed by atoms with Crippen molar-refractivity contribution in [2.75, 3.05) is 14.2 Å². The molecule has 1 rings (SSSR count). The van der Waals surface area contributed by atoms with Gasteiger partial charge < -0.3 is 14.6 Å². The second kappa shape index (κ2) is 4.86.